The van der Waals surface area contributed by atoms with Crippen molar-refractivity contribution in [3.05, 3.63) is 52.9 Å². The summed E-state index contributed by atoms with van der Waals surface area (Å²) >= 11 is 5.88. The molecule has 2 unspecified atom stereocenters. The number of hydrogen-bond donors (Lipinski definition) is 2. The minimum absolute atomic E-state index is 0.00654. The summed E-state index contributed by atoms with van der Waals surface area (Å²) in [4.78, 5) is 63.9. The van der Waals surface area contributed by atoms with Gasteiger partial charge in [0, 0.05) is 57.3 Å². The number of benzene rings is 1. The number of anilines is 1. The van der Waals surface area contributed by atoms with Crippen molar-refractivity contribution < 1.29 is 46.6 Å². The van der Waals surface area contributed by atoms with Crippen molar-refractivity contribution in [3.8, 4) is 0 Å². The van der Waals surface area contributed by atoms with Gasteiger partial charge in [0.15, 0.2) is 5.82 Å². The largest absolute Gasteiger partial charge is 0.490 e. The molecule has 0 aliphatic carbocycles. The summed E-state index contributed by atoms with van der Waals surface area (Å²) in [5.74, 6) is -4.95. The second kappa shape index (κ2) is 13.6. The molecule has 256 valence electrons. The summed E-state index contributed by atoms with van der Waals surface area (Å²) in [6.07, 6.45) is -1.38. The summed E-state index contributed by atoms with van der Waals surface area (Å²) in [6.45, 7) is 2.44. The molecule has 1 aromatic carbocycles. The van der Waals surface area contributed by atoms with E-state index in [2.05, 4.69) is 30.8 Å². The van der Waals surface area contributed by atoms with Gasteiger partial charge in [0.1, 0.15) is 17.9 Å². The maximum atomic E-state index is 15.4. The number of carboxylic acid groups (broad SMARTS) is 1. The van der Waals surface area contributed by atoms with Crippen molar-refractivity contribution in [1.82, 2.24) is 45.1 Å². The highest BCUT2D eigenvalue weighted by Crippen LogP contribution is 2.34. The van der Waals surface area contributed by atoms with Crippen LogP contribution in [-0.2, 0) is 28.0 Å². The lowest BCUT2D eigenvalue weighted by atomic mass is 10.0. The SMILES string of the molecule is Cn1nnnc1C(c1cnn(CCCl)c1)N1CCN(c2cc3c(cc2F)C(=O)N(C2CCC(=O)NC2=O)C3=O)CC1.O=C(O)C(F)(F)F. The predicted molar refractivity (Wildman–Crippen MR) is 154 cm³/mol. The number of carboxylic acids is 1. The van der Waals surface area contributed by atoms with Crippen molar-refractivity contribution in [2.24, 2.45) is 7.05 Å². The van der Waals surface area contributed by atoms with Crippen molar-refractivity contribution in [2.75, 3.05) is 37.0 Å². The molecule has 0 saturated carbocycles. The number of fused-ring (bicyclic) bond motifs is 1. The van der Waals surface area contributed by atoms with Crippen LogP contribution in [0.1, 0.15) is 51.0 Å². The first-order chi connectivity index (χ1) is 22.7. The maximum absolute atomic E-state index is 15.4. The number of rotatable bonds is 7. The van der Waals surface area contributed by atoms with Gasteiger partial charge in [0.05, 0.1) is 29.6 Å². The van der Waals surface area contributed by atoms with Gasteiger partial charge in [-0.2, -0.15) is 18.3 Å². The fourth-order valence-corrected chi connectivity index (χ4v) is 5.84. The van der Waals surface area contributed by atoms with Crippen LogP contribution in [0.4, 0.5) is 23.2 Å². The molecule has 21 heteroatoms. The maximum Gasteiger partial charge on any atom is 0.490 e. The molecule has 48 heavy (non-hydrogen) atoms. The Morgan fingerprint density at radius 2 is 1.75 bits per heavy atom. The normalized spacial score (nSPS) is 19.2. The molecule has 6 rings (SSSR count). The van der Waals surface area contributed by atoms with E-state index in [0.29, 0.717) is 44.4 Å². The molecule has 16 nitrogen and oxygen atoms in total. The van der Waals surface area contributed by atoms with Crippen LogP contribution in [-0.4, -0.2) is 119 Å². The minimum Gasteiger partial charge on any atom is -0.475 e. The smallest absolute Gasteiger partial charge is 0.475 e. The van der Waals surface area contributed by atoms with E-state index in [1.54, 1.807) is 22.6 Å². The number of amides is 4. The van der Waals surface area contributed by atoms with Crippen molar-refractivity contribution in [2.45, 2.75) is 37.6 Å². The van der Waals surface area contributed by atoms with Gasteiger partial charge in [0.25, 0.3) is 11.8 Å². The van der Waals surface area contributed by atoms with E-state index < -0.39 is 47.6 Å². The molecule has 0 radical (unpaired) electrons. The van der Waals surface area contributed by atoms with Crippen molar-refractivity contribution in [3.63, 3.8) is 0 Å². The third kappa shape index (κ3) is 6.84. The Hall–Kier alpha value is -4.98. The molecule has 5 heterocycles. The Kier molecular flexibility index (Phi) is 9.76. The van der Waals surface area contributed by atoms with Crippen LogP contribution < -0.4 is 10.2 Å². The number of piperazine rings is 1. The van der Waals surface area contributed by atoms with Gasteiger partial charge in [-0.25, -0.2) is 13.9 Å². The second-order valence-corrected chi connectivity index (χ2v) is 11.3. The van der Waals surface area contributed by atoms with E-state index >= 15 is 4.39 Å². The average molecular weight is 699 g/mol. The molecule has 2 N–H and O–H groups in total. The third-order valence-electron chi connectivity index (χ3n) is 7.95. The van der Waals surface area contributed by atoms with E-state index in [4.69, 9.17) is 21.5 Å². The van der Waals surface area contributed by atoms with Gasteiger partial charge in [-0.1, -0.05) is 0 Å². The number of tetrazole rings is 1. The van der Waals surface area contributed by atoms with Crippen LogP contribution >= 0.6 is 11.6 Å². The zero-order chi connectivity index (χ0) is 34.9. The lowest BCUT2D eigenvalue weighted by Crippen LogP contribution is -2.54. The number of hydrogen-bond acceptors (Lipinski definition) is 11. The number of aromatic nitrogens is 6. The molecule has 2 saturated heterocycles. The number of nitrogens with zero attached hydrogens (tertiary/aromatic N) is 9. The zero-order valence-corrected chi connectivity index (χ0v) is 25.8. The first-order valence-corrected chi connectivity index (χ1v) is 14.9. The Labute approximate surface area is 273 Å². The van der Waals surface area contributed by atoms with Crippen molar-refractivity contribution >= 4 is 46.9 Å². The van der Waals surface area contributed by atoms with Gasteiger partial charge < -0.3 is 10.0 Å². The van der Waals surface area contributed by atoms with Crippen molar-refractivity contribution in [1.29, 1.82) is 0 Å². The molecule has 3 aromatic rings. The third-order valence-corrected chi connectivity index (χ3v) is 8.12. The predicted octanol–water partition coefficient (Wildman–Crippen LogP) is 0.731. The topological polar surface area (TPSA) is 189 Å². The number of carbonyl (C=O) groups excluding carboxylic acids is 4. The van der Waals surface area contributed by atoms with Gasteiger partial charge in [-0.3, -0.25) is 39.0 Å². The minimum atomic E-state index is -5.08. The van der Waals surface area contributed by atoms with E-state index in [0.717, 1.165) is 16.5 Å². The molecule has 0 spiro atoms. The van der Waals surface area contributed by atoms with E-state index in [-0.39, 0.29) is 35.7 Å². The fraction of sp³-hybridized carbons (Fsp3) is 0.444. The van der Waals surface area contributed by atoms with E-state index in [1.165, 1.54) is 6.07 Å². The molecule has 2 aromatic heterocycles. The average Bonchev–Trinajstić information content (AvgIpc) is 3.73. The molecule has 2 fully saturated rings. The Balaban J connectivity index is 0.000000582. The second-order valence-electron chi connectivity index (χ2n) is 10.9. The lowest BCUT2D eigenvalue weighted by Gasteiger charge is -2.39. The number of aryl methyl sites for hydroxylation is 2. The van der Waals surface area contributed by atoms with Gasteiger partial charge in [-0.15, -0.1) is 16.7 Å². The number of imide groups is 2. The molecule has 3 aliphatic rings. The number of piperidine rings is 1. The molecular weight excluding hydrogens is 672 g/mol. The van der Waals surface area contributed by atoms with Gasteiger partial charge in [-0.05, 0) is 29.0 Å². The Morgan fingerprint density at radius 3 is 2.31 bits per heavy atom. The fourth-order valence-electron chi connectivity index (χ4n) is 5.66. The summed E-state index contributed by atoms with van der Waals surface area (Å²) in [7, 11) is 1.76. The number of nitrogens with one attached hydrogen (secondary N) is 1. The van der Waals surface area contributed by atoms with E-state index in [9.17, 15) is 32.3 Å². The van der Waals surface area contributed by atoms with Crippen LogP contribution in [0, 0.1) is 5.82 Å². The summed E-state index contributed by atoms with van der Waals surface area (Å²) < 4.78 is 50.5. The van der Waals surface area contributed by atoms with Crippen LogP contribution in [0.2, 0.25) is 0 Å². The standard InChI is InChI=1S/C25H26ClFN10O4.C2HF3O2/c1-33-22(30-31-32-33)21(14-12-28-36(13-14)5-4-26)35-8-6-34(7-9-35)19-11-16-15(10-17(19)27)24(40)37(25(16)41)18-2-3-20(38)29-23(18)39;3-2(4,5)1(6)7/h10-13,18,21H,2-9H2,1H3,(H,29,38,39);(H,6,7). The van der Waals surface area contributed by atoms with Gasteiger partial charge in [0.2, 0.25) is 11.8 Å². The quantitative estimate of drug-likeness (QED) is 0.200. The molecule has 2 atom stereocenters. The number of alkyl halides is 4. The molecule has 4 amide bonds. The Bertz CT molecular complexity index is 1760. The zero-order valence-electron chi connectivity index (χ0n) is 25.0. The van der Waals surface area contributed by atoms with Crippen LogP contribution in [0.5, 0.6) is 0 Å². The van der Waals surface area contributed by atoms with Crippen LogP contribution in [0.25, 0.3) is 0 Å². The summed E-state index contributed by atoms with van der Waals surface area (Å²) in [6, 6.07) is 1.03. The highest BCUT2D eigenvalue weighted by atomic mass is 35.5. The van der Waals surface area contributed by atoms with Gasteiger partial charge >= 0.3 is 12.1 Å². The van der Waals surface area contributed by atoms with E-state index in [1.807, 2.05) is 11.1 Å². The molecule has 0 bridgehead atoms. The Morgan fingerprint density at radius 1 is 1.10 bits per heavy atom. The van der Waals surface area contributed by atoms with Crippen LogP contribution in [0.3, 0.4) is 0 Å². The summed E-state index contributed by atoms with van der Waals surface area (Å²) in [5, 5.41) is 25.7. The first kappa shape index (κ1) is 34.4. The monoisotopic (exact) mass is 698 g/mol. The molecule has 3 aliphatic heterocycles. The lowest BCUT2D eigenvalue weighted by molar-refractivity contribution is -0.192. The summed E-state index contributed by atoms with van der Waals surface area (Å²) in [5.41, 5.74) is 1.03. The number of halogens is 5. The first-order valence-electron chi connectivity index (χ1n) is 14.4. The number of carbonyl (C=O) groups is 5. The highest BCUT2D eigenvalue weighted by molar-refractivity contribution is 6.23. The number of aliphatic carboxylic acids is 1. The van der Waals surface area contributed by atoms with Crippen LogP contribution in [0.15, 0.2) is 24.5 Å². The molecular formula is C27H27ClF4N10O6. The highest BCUT2D eigenvalue weighted by Gasteiger charge is 2.45.